The number of carbonyl (C=O) groups excluding carboxylic acids is 1. The molecule has 0 aliphatic carbocycles. The molecular weight excluding hydrogens is 444 g/mol. The number of nitrogens with zero attached hydrogens (tertiary/aromatic N) is 2. The van der Waals surface area contributed by atoms with Crippen molar-refractivity contribution >= 4 is 28.6 Å². The minimum atomic E-state index is -0.512. The van der Waals surface area contributed by atoms with Gasteiger partial charge in [0.1, 0.15) is 17.2 Å². The van der Waals surface area contributed by atoms with Crippen molar-refractivity contribution in [1.82, 2.24) is 9.55 Å². The van der Waals surface area contributed by atoms with Crippen LogP contribution in [0.4, 0.5) is 11.6 Å². The number of fused-ring (bicyclic) bond motifs is 3. The highest BCUT2D eigenvalue weighted by Gasteiger charge is 2.36. The van der Waals surface area contributed by atoms with E-state index in [1.807, 2.05) is 66.1 Å². The Bertz CT molecular complexity index is 1440. The minimum Gasteiger partial charge on any atom is -0.497 e. The number of imidazole rings is 1. The predicted molar refractivity (Wildman–Crippen MR) is 135 cm³/mol. The van der Waals surface area contributed by atoms with Crippen LogP contribution in [-0.2, 0) is 4.79 Å². The summed E-state index contributed by atoms with van der Waals surface area (Å²) in [4.78, 5) is 18.6. The Morgan fingerprint density at radius 1 is 0.943 bits per heavy atom. The molecule has 5 rings (SSSR count). The van der Waals surface area contributed by atoms with Gasteiger partial charge in [0, 0.05) is 16.9 Å². The quantitative estimate of drug-likeness (QED) is 0.413. The Morgan fingerprint density at radius 2 is 1.66 bits per heavy atom. The fourth-order valence-corrected chi connectivity index (χ4v) is 4.48. The van der Waals surface area contributed by atoms with Crippen molar-refractivity contribution in [3.05, 3.63) is 83.6 Å². The number of allylic oxidation sites excluding steroid dienone is 1. The number of para-hydroxylation sites is 2. The van der Waals surface area contributed by atoms with E-state index in [1.165, 1.54) is 0 Å². The second-order valence-electron chi connectivity index (χ2n) is 8.15. The number of nitrogens with one attached hydrogen (secondary N) is 2. The summed E-state index contributed by atoms with van der Waals surface area (Å²) >= 11 is 0. The van der Waals surface area contributed by atoms with Gasteiger partial charge >= 0.3 is 0 Å². The van der Waals surface area contributed by atoms with Gasteiger partial charge in [-0.05, 0) is 61.5 Å². The van der Waals surface area contributed by atoms with E-state index < -0.39 is 6.04 Å². The second-order valence-corrected chi connectivity index (χ2v) is 8.15. The van der Waals surface area contributed by atoms with Crippen molar-refractivity contribution in [3.63, 3.8) is 0 Å². The fourth-order valence-electron chi connectivity index (χ4n) is 4.48. The zero-order valence-corrected chi connectivity index (χ0v) is 20.0. The van der Waals surface area contributed by atoms with Gasteiger partial charge in [0.25, 0.3) is 5.91 Å². The first-order valence-corrected chi connectivity index (χ1v) is 11.2. The van der Waals surface area contributed by atoms with Gasteiger partial charge in [-0.1, -0.05) is 12.1 Å². The summed E-state index contributed by atoms with van der Waals surface area (Å²) in [6, 6.07) is 20.2. The Labute approximate surface area is 203 Å². The van der Waals surface area contributed by atoms with Crippen molar-refractivity contribution < 1.29 is 19.0 Å². The van der Waals surface area contributed by atoms with E-state index in [0.717, 1.165) is 16.6 Å². The lowest BCUT2D eigenvalue weighted by molar-refractivity contribution is -0.113. The summed E-state index contributed by atoms with van der Waals surface area (Å²) in [5, 5.41) is 6.36. The number of ether oxygens (including phenoxy) is 3. The maximum Gasteiger partial charge on any atom is 0.255 e. The van der Waals surface area contributed by atoms with Crippen LogP contribution in [-0.4, -0.2) is 36.8 Å². The van der Waals surface area contributed by atoms with Crippen LogP contribution in [0, 0.1) is 0 Å². The lowest BCUT2D eigenvalue weighted by Gasteiger charge is -2.31. The molecule has 0 fully saturated rings. The molecule has 35 heavy (non-hydrogen) atoms. The average molecular weight is 471 g/mol. The number of methoxy groups -OCH3 is 3. The van der Waals surface area contributed by atoms with E-state index in [-0.39, 0.29) is 5.91 Å². The minimum absolute atomic E-state index is 0.238. The van der Waals surface area contributed by atoms with Gasteiger partial charge in [-0.3, -0.25) is 9.36 Å². The van der Waals surface area contributed by atoms with Crippen molar-refractivity contribution in [2.24, 2.45) is 0 Å². The smallest absolute Gasteiger partial charge is 0.255 e. The Balaban J connectivity index is 1.68. The van der Waals surface area contributed by atoms with Crippen LogP contribution in [0.2, 0.25) is 0 Å². The number of amides is 1. The first kappa shape index (κ1) is 22.3. The first-order chi connectivity index (χ1) is 17.0. The van der Waals surface area contributed by atoms with Crippen LogP contribution in [0.3, 0.4) is 0 Å². The first-order valence-electron chi connectivity index (χ1n) is 11.2. The third-order valence-corrected chi connectivity index (χ3v) is 6.15. The number of hydrogen-bond donors (Lipinski definition) is 2. The molecule has 1 aliphatic heterocycles. The van der Waals surface area contributed by atoms with E-state index in [1.54, 1.807) is 33.5 Å². The Hall–Kier alpha value is -4.46. The van der Waals surface area contributed by atoms with Gasteiger partial charge in [-0.25, -0.2) is 4.98 Å². The molecule has 8 nitrogen and oxygen atoms in total. The number of benzene rings is 3. The summed E-state index contributed by atoms with van der Waals surface area (Å²) in [6.07, 6.45) is 0. The number of hydrogen-bond acceptors (Lipinski definition) is 6. The Morgan fingerprint density at radius 3 is 2.37 bits per heavy atom. The van der Waals surface area contributed by atoms with Crippen LogP contribution in [0.15, 0.2) is 78.0 Å². The molecule has 0 spiro atoms. The molecule has 178 valence electrons. The molecule has 2 heterocycles. The summed E-state index contributed by atoms with van der Waals surface area (Å²) in [6.45, 7) is 1.88. The maximum atomic E-state index is 13.8. The molecule has 1 aromatic heterocycles. The zero-order valence-electron chi connectivity index (χ0n) is 20.0. The van der Waals surface area contributed by atoms with E-state index >= 15 is 0 Å². The number of anilines is 2. The van der Waals surface area contributed by atoms with E-state index in [4.69, 9.17) is 19.2 Å². The van der Waals surface area contributed by atoms with Gasteiger partial charge < -0.3 is 24.8 Å². The van der Waals surface area contributed by atoms with Crippen molar-refractivity contribution in [3.8, 4) is 17.2 Å². The highest BCUT2D eigenvalue weighted by Crippen LogP contribution is 2.43. The summed E-state index contributed by atoms with van der Waals surface area (Å²) < 4.78 is 18.5. The zero-order chi connectivity index (χ0) is 24.5. The molecule has 1 unspecified atom stereocenters. The Kier molecular flexibility index (Phi) is 5.78. The van der Waals surface area contributed by atoms with Crippen LogP contribution >= 0.6 is 0 Å². The SMILES string of the molecule is COc1ccc(NC(=O)C2=C(C)Nc3nc4ccccc4n3C2c2cc(OC)ccc2OC)cc1. The van der Waals surface area contributed by atoms with E-state index in [2.05, 4.69) is 10.6 Å². The summed E-state index contributed by atoms with van der Waals surface area (Å²) in [5.41, 5.74) is 4.42. The summed E-state index contributed by atoms with van der Waals surface area (Å²) in [5.74, 6) is 2.44. The molecule has 0 saturated heterocycles. The van der Waals surface area contributed by atoms with E-state index in [0.29, 0.717) is 40.2 Å². The van der Waals surface area contributed by atoms with Crippen LogP contribution < -0.4 is 24.8 Å². The lowest BCUT2D eigenvalue weighted by atomic mass is 9.93. The predicted octanol–water partition coefficient (Wildman–Crippen LogP) is 4.99. The van der Waals surface area contributed by atoms with Gasteiger partial charge in [0.15, 0.2) is 0 Å². The average Bonchev–Trinajstić information content (AvgIpc) is 3.25. The molecule has 8 heteroatoms. The number of aromatic nitrogens is 2. The van der Waals surface area contributed by atoms with Gasteiger partial charge in [-0.2, -0.15) is 0 Å². The second kappa shape index (κ2) is 9.06. The molecular formula is C27H26N4O4. The standard InChI is InChI=1S/C27H26N4O4/c1-16-24(26(32)29-17-9-11-18(33-2)12-10-17)25(20-15-19(34-3)13-14-23(20)35-4)31-22-8-6-5-7-21(22)30-27(31)28-16/h5-15,25H,1-4H3,(H,28,30)(H,29,32). The van der Waals surface area contributed by atoms with Crippen LogP contribution in [0.25, 0.3) is 11.0 Å². The molecule has 1 amide bonds. The topological polar surface area (TPSA) is 86.6 Å². The monoisotopic (exact) mass is 470 g/mol. The van der Waals surface area contributed by atoms with Gasteiger partial charge in [-0.15, -0.1) is 0 Å². The molecule has 1 aliphatic rings. The molecule has 2 N–H and O–H groups in total. The van der Waals surface area contributed by atoms with Crippen LogP contribution in [0.5, 0.6) is 17.2 Å². The van der Waals surface area contributed by atoms with Crippen LogP contribution in [0.1, 0.15) is 18.5 Å². The molecule has 1 atom stereocenters. The lowest BCUT2D eigenvalue weighted by Crippen LogP contribution is -2.31. The summed E-state index contributed by atoms with van der Waals surface area (Å²) in [7, 11) is 4.84. The van der Waals surface area contributed by atoms with Gasteiger partial charge in [0.05, 0.1) is 44.0 Å². The highest BCUT2D eigenvalue weighted by molar-refractivity contribution is 6.06. The maximum absolute atomic E-state index is 13.8. The third-order valence-electron chi connectivity index (χ3n) is 6.15. The van der Waals surface area contributed by atoms with Crippen molar-refractivity contribution in [2.45, 2.75) is 13.0 Å². The molecule has 4 aromatic rings. The molecule has 0 radical (unpaired) electrons. The van der Waals surface area contributed by atoms with Gasteiger partial charge in [0.2, 0.25) is 5.95 Å². The third kappa shape index (κ3) is 3.93. The number of rotatable bonds is 6. The normalized spacial score (nSPS) is 14.8. The van der Waals surface area contributed by atoms with Crippen molar-refractivity contribution in [2.75, 3.05) is 32.0 Å². The fraction of sp³-hybridized carbons (Fsp3) is 0.185. The highest BCUT2D eigenvalue weighted by atomic mass is 16.5. The van der Waals surface area contributed by atoms with E-state index in [9.17, 15) is 4.79 Å². The molecule has 0 saturated carbocycles. The van der Waals surface area contributed by atoms with Crippen molar-refractivity contribution in [1.29, 1.82) is 0 Å². The largest absolute Gasteiger partial charge is 0.497 e. The molecule has 0 bridgehead atoms. The molecule has 3 aromatic carbocycles. The number of carbonyl (C=O) groups is 1.